The van der Waals surface area contributed by atoms with Gasteiger partial charge < -0.3 is 14.5 Å². The third kappa shape index (κ3) is 4.82. The van der Waals surface area contributed by atoms with Crippen molar-refractivity contribution >= 4 is 40.7 Å². The van der Waals surface area contributed by atoms with Crippen LogP contribution in [0.2, 0.25) is 15.1 Å². The third-order valence-electron chi connectivity index (χ3n) is 3.98. The fourth-order valence-electron chi connectivity index (χ4n) is 2.51. The summed E-state index contributed by atoms with van der Waals surface area (Å²) in [6.45, 7) is 4.68. The van der Waals surface area contributed by atoms with E-state index in [-0.39, 0.29) is 24.3 Å². The van der Waals surface area contributed by atoms with Gasteiger partial charge in [-0.1, -0.05) is 34.8 Å². The highest BCUT2D eigenvalue weighted by Gasteiger charge is 2.17. The number of hydrogen-bond acceptors (Lipinski definition) is 4. The highest BCUT2D eigenvalue weighted by molar-refractivity contribution is 6.40. The lowest BCUT2D eigenvalue weighted by Crippen LogP contribution is -2.26. The van der Waals surface area contributed by atoms with E-state index in [1.807, 2.05) is 26.1 Å². The number of nitrogens with zero attached hydrogens (tertiary/aromatic N) is 2. The normalized spacial score (nSPS) is 12.0. The van der Waals surface area contributed by atoms with Gasteiger partial charge in [0.05, 0.1) is 21.8 Å². The Kier molecular flexibility index (Phi) is 6.54. The molecule has 0 saturated heterocycles. The molecule has 28 heavy (non-hydrogen) atoms. The van der Waals surface area contributed by atoms with Crippen molar-refractivity contribution in [1.29, 1.82) is 0 Å². The minimum atomic E-state index is -0.340. The molecule has 0 aliphatic carbocycles. The van der Waals surface area contributed by atoms with Crippen molar-refractivity contribution in [3.05, 3.63) is 68.8 Å². The first-order valence-electron chi connectivity index (χ1n) is 8.57. The minimum Gasteiger partial charge on any atom is -0.483 e. The number of benzene rings is 1. The molecule has 2 heterocycles. The summed E-state index contributed by atoms with van der Waals surface area (Å²) in [6.07, 6.45) is 1.87. The molecule has 3 aromatic rings. The number of hydrogen-bond donors (Lipinski definition) is 1. The number of carbonyl (C=O) groups is 1. The lowest BCUT2D eigenvalue weighted by atomic mass is 10.2. The van der Waals surface area contributed by atoms with E-state index in [1.54, 1.807) is 16.8 Å². The first-order chi connectivity index (χ1) is 13.4. The average Bonchev–Trinajstić information content (AvgIpc) is 3.30. The second-order valence-corrected chi connectivity index (χ2v) is 7.30. The largest absolute Gasteiger partial charge is 0.483 e. The molecule has 0 fully saturated rings. The van der Waals surface area contributed by atoms with Crippen molar-refractivity contribution in [2.75, 3.05) is 0 Å². The Bertz CT molecular complexity index is 961. The quantitative estimate of drug-likeness (QED) is 0.522. The number of carbonyl (C=O) groups excluding carboxylic acids is 1. The molecule has 9 heteroatoms. The van der Waals surface area contributed by atoms with Gasteiger partial charge in [-0.3, -0.25) is 9.48 Å². The summed E-state index contributed by atoms with van der Waals surface area (Å²) in [5.74, 6) is 0.589. The summed E-state index contributed by atoms with van der Waals surface area (Å²) < 4.78 is 13.0. The Morgan fingerprint density at radius 1 is 1.25 bits per heavy atom. The highest BCUT2D eigenvalue weighted by atomic mass is 35.5. The molecule has 0 bridgehead atoms. The van der Waals surface area contributed by atoms with E-state index >= 15 is 0 Å². The molecule has 1 amide bonds. The number of rotatable bonds is 7. The molecule has 0 radical (unpaired) electrons. The smallest absolute Gasteiger partial charge is 0.287 e. The van der Waals surface area contributed by atoms with Gasteiger partial charge in [-0.25, -0.2) is 0 Å². The zero-order valence-electron chi connectivity index (χ0n) is 15.2. The van der Waals surface area contributed by atoms with Gasteiger partial charge in [0.1, 0.15) is 12.4 Å². The Morgan fingerprint density at radius 2 is 1.96 bits per heavy atom. The minimum absolute atomic E-state index is 0.0603. The van der Waals surface area contributed by atoms with Crippen LogP contribution in [0.4, 0.5) is 0 Å². The number of aromatic nitrogens is 2. The molecule has 2 aromatic heterocycles. The van der Waals surface area contributed by atoms with Crippen LogP contribution in [-0.2, 0) is 13.2 Å². The first kappa shape index (κ1) is 20.6. The van der Waals surface area contributed by atoms with E-state index in [0.29, 0.717) is 26.6 Å². The summed E-state index contributed by atoms with van der Waals surface area (Å²) in [5.41, 5.74) is 0.775. The third-order valence-corrected chi connectivity index (χ3v) is 4.76. The molecule has 1 aromatic carbocycles. The molecule has 0 saturated carbocycles. The van der Waals surface area contributed by atoms with Crippen molar-refractivity contribution < 1.29 is 13.9 Å². The summed E-state index contributed by atoms with van der Waals surface area (Å²) >= 11 is 18.1. The van der Waals surface area contributed by atoms with Crippen molar-refractivity contribution in [2.45, 2.75) is 33.0 Å². The lowest BCUT2D eigenvalue weighted by Gasteiger charge is -2.10. The highest BCUT2D eigenvalue weighted by Crippen LogP contribution is 2.36. The molecule has 3 rings (SSSR count). The SMILES string of the molecule is CCn1ccc(C(C)NC(=O)c2ccc(COc3c(Cl)cc(Cl)cc3Cl)o2)n1. The van der Waals surface area contributed by atoms with E-state index in [0.717, 1.165) is 12.2 Å². The van der Waals surface area contributed by atoms with Crippen molar-refractivity contribution in [3.8, 4) is 5.75 Å². The van der Waals surface area contributed by atoms with Gasteiger partial charge in [-0.05, 0) is 44.2 Å². The molecule has 0 aliphatic heterocycles. The van der Waals surface area contributed by atoms with E-state index in [1.165, 1.54) is 12.1 Å². The summed E-state index contributed by atoms with van der Waals surface area (Å²) in [6, 6.07) is 7.92. The maximum Gasteiger partial charge on any atom is 0.287 e. The van der Waals surface area contributed by atoms with Gasteiger partial charge in [-0.2, -0.15) is 5.10 Å². The van der Waals surface area contributed by atoms with Gasteiger partial charge >= 0.3 is 0 Å². The fourth-order valence-corrected chi connectivity index (χ4v) is 3.44. The van der Waals surface area contributed by atoms with Crippen molar-refractivity contribution in [2.24, 2.45) is 0 Å². The Labute approximate surface area is 177 Å². The predicted molar refractivity (Wildman–Crippen MR) is 108 cm³/mol. The summed E-state index contributed by atoms with van der Waals surface area (Å²) in [7, 11) is 0. The molecule has 6 nitrogen and oxygen atoms in total. The molecule has 1 unspecified atom stereocenters. The molecule has 0 spiro atoms. The zero-order valence-corrected chi connectivity index (χ0v) is 17.5. The standard InChI is InChI=1S/C19H18Cl3N3O3/c1-3-25-7-6-16(24-25)11(2)23-19(26)17-5-4-13(28-17)10-27-18-14(21)8-12(20)9-15(18)22/h4-9,11H,3,10H2,1-2H3,(H,23,26). The van der Waals surface area contributed by atoms with Crippen LogP contribution in [0.3, 0.4) is 0 Å². The van der Waals surface area contributed by atoms with Crippen LogP contribution in [0.15, 0.2) is 40.9 Å². The van der Waals surface area contributed by atoms with Gasteiger partial charge in [-0.15, -0.1) is 0 Å². The monoisotopic (exact) mass is 441 g/mol. The van der Waals surface area contributed by atoms with E-state index in [2.05, 4.69) is 10.4 Å². The number of aryl methyl sites for hydroxylation is 1. The first-order valence-corrected chi connectivity index (χ1v) is 9.71. The maximum absolute atomic E-state index is 12.4. The van der Waals surface area contributed by atoms with Crippen LogP contribution >= 0.6 is 34.8 Å². The molecular formula is C19H18Cl3N3O3. The van der Waals surface area contributed by atoms with Crippen LogP contribution in [0.25, 0.3) is 0 Å². The van der Waals surface area contributed by atoms with Crippen LogP contribution in [0, 0.1) is 0 Å². The Morgan fingerprint density at radius 3 is 2.61 bits per heavy atom. The molecule has 1 N–H and O–H groups in total. The second kappa shape index (κ2) is 8.90. The summed E-state index contributed by atoms with van der Waals surface area (Å²) in [5, 5.41) is 8.24. The Hall–Kier alpha value is -2.15. The molecular weight excluding hydrogens is 425 g/mol. The Balaban J connectivity index is 1.61. The van der Waals surface area contributed by atoms with Gasteiger partial charge in [0.25, 0.3) is 5.91 Å². The van der Waals surface area contributed by atoms with E-state index in [9.17, 15) is 4.79 Å². The number of furan rings is 1. The second-order valence-electron chi connectivity index (χ2n) is 6.04. The fraction of sp³-hybridized carbons (Fsp3) is 0.263. The molecule has 1 atom stereocenters. The van der Waals surface area contributed by atoms with Crippen molar-refractivity contribution in [3.63, 3.8) is 0 Å². The number of amides is 1. The van der Waals surface area contributed by atoms with Gasteiger partial charge in [0, 0.05) is 17.8 Å². The number of ether oxygens (including phenoxy) is 1. The maximum atomic E-state index is 12.4. The van der Waals surface area contributed by atoms with Crippen LogP contribution in [0.5, 0.6) is 5.75 Å². The van der Waals surface area contributed by atoms with Crippen LogP contribution in [-0.4, -0.2) is 15.7 Å². The zero-order chi connectivity index (χ0) is 20.3. The predicted octanol–water partition coefficient (Wildman–Crippen LogP) is 5.53. The molecule has 148 valence electrons. The van der Waals surface area contributed by atoms with Crippen LogP contribution in [0.1, 0.15) is 41.9 Å². The number of halogens is 3. The van der Waals surface area contributed by atoms with Crippen LogP contribution < -0.4 is 10.1 Å². The van der Waals surface area contributed by atoms with Gasteiger partial charge in [0.15, 0.2) is 11.5 Å². The van der Waals surface area contributed by atoms with E-state index < -0.39 is 0 Å². The average molecular weight is 443 g/mol. The van der Waals surface area contributed by atoms with E-state index in [4.69, 9.17) is 44.0 Å². The lowest BCUT2D eigenvalue weighted by molar-refractivity contribution is 0.0907. The number of nitrogens with one attached hydrogen (secondary N) is 1. The van der Waals surface area contributed by atoms with Gasteiger partial charge in [0.2, 0.25) is 0 Å². The van der Waals surface area contributed by atoms with Crippen molar-refractivity contribution in [1.82, 2.24) is 15.1 Å². The topological polar surface area (TPSA) is 69.3 Å². The molecule has 0 aliphatic rings. The summed E-state index contributed by atoms with van der Waals surface area (Å²) in [4.78, 5) is 12.4.